The third-order valence-electron chi connectivity index (χ3n) is 4.37. The number of hydrogen-bond donors (Lipinski definition) is 2. The number of piperidine rings is 1. The van der Waals surface area contributed by atoms with Gasteiger partial charge in [-0.2, -0.15) is 4.31 Å². The molecular weight excluding hydrogens is 334 g/mol. The molecule has 2 saturated heterocycles. The lowest BCUT2D eigenvalue weighted by Gasteiger charge is -2.38. The maximum atomic E-state index is 12.8. The van der Waals surface area contributed by atoms with Crippen molar-refractivity contribution in [3.63, 3.8) is 0 Å². The number of rotatable bonds is 4. The number of carbonyl (C=O) groups is 1. The number of anilines is 1. The van der Waals surface area contributed by atoms with E-state index in [0.29, 0.717) is 25.9 Å². The quantitative estimate of drug-likeness (QED) is 0.793. The number of carbonyl (C=O) groups excluding carboxylic acids is 1. The molecule has 3 N–H and O–H groups in total. The van der Waals surface area contributed by atoms with Gasteiger partial charge in [-0.15, -0.1) is 0 Å². The molecule has 0 aliphatic carbocycles. The molecule has 0 radical (unpaired) electrons. The standard InChI is InChI=1S/C15H21N3O5S/c16-15(20)23-13-4-6-18(7-5-13)24(21,22)14-3-1-2-11(8-14)17-9-12(19)10-17/h1-3,8,12-13,19H,4-7,9-10H2,(H2,16,20). The van der Waals surface area contributed by atoms with E-state index in [1.54, 1.807) is 18.2 Å². The Kier molecular flexibility index (Phi) is 4.66. The molecule has 0 saturated carbocycles. The summed E-state index contributed by atoms with van der Waals surface area (Å²) in [4.78, 5) is 12.9. The molecule has 1 aromatic rings. The molecule has 0 aromatic heterocycles. The van der Waals surface area contributed by atoms with Gasteiger partial charge in [0.15, 0.2) is 0 Å². The number of amides is 1. The highest BCUT2D eigenvalue weighted by Gasteiger charge is 2.31. The van der Waals surface area contributed by atoms with Crippen LogP contribution in [0.4, 0.5) is 10.5 Å². The van der Waals surface area contributed by atoms with Crippen molar-refractivity contribution in [3.8, 4) is 0 Å². The van der Waals surface area contributed by atoms with Crippen LogP contribution in [0.3, 0.4) is 0 Å². The number of benzene rings is 1. The number of nitrogens with zero attached hydrogens (tertiary/aromatic N) is 2. The summed E-state index contributed by atoms with van der Waals surface area (Å²) in [5.74, 6) is 0. The van der Waals surface area contributed by atoms with Crippen molar-refractivity contribution in [1.29, 1.82) is 0 Å². The first-order valence-electron chi connectivity index (χ1n) is 7.85. The molecule has 1 amide bonds. The fourth-order valence-electron chi connectivity index (χ4n) is 3.01. The number of hydrogen-bond acceptors (Lipinski definition) is 6. The third kappa shape index (κ3) is 3.47. The molecule has 9 heteroatoms. The molecule has 24 heavy (non-hydrogen) atoms. The van der Waals surface area contributed by atoms with Gasteiger partial charge in [-0.25, -0.2) is 13.2 Å². The Morgan fingerprint density at radius 3 is 2.50 bits per heavy atom. The topological polar surface area (TPSA) is 113 Å². The second kappa shape index (κ2) is 6.58. The van der Waals surface area contributed by atoms with Gasteiger partial charge in [0.25, 0.3) is 0 Å². The maximum absolute atomic E-state index is 12.8. The molecule has 3 rings (SSSR count). The molecule has 2 aliphatic rings. The summed E-state index contributed by atoms with van der Waals surface area (Å²) >= 11 is 0. The van der Waals surface area contributed by atoms with Gasteiger partial charge < -0.3 is 20.5 Å². The number of aliphatic hydroxyl groups excluding tert-OH is 1. The van der Waals surface area contributed by atoms with Crippen LogP contribution < -0.4 is 10.6 Å². The first-order chi connectivity index (χ1) is 11.4. The summed E-state index contributed by atoms with van der Waals surface area (Å²) in [6.45, 7) is 1.60. The molecule has 8 nitrogen and oxygen atoms in total. The van der Waals surface area contributed by atoms with E-state index in [9.17, 15) is 18.3 Å². The highest BCUT2D eigenvalue weighted by Crippen LogP contribution is 2.27. The summed E-state index contributed by atoms with van der Waals surface area (Å²) in [7, 11) is -3.60. The van der Waals surface area contributed by atoms with Gasteiger partial charge in [0.2, 0.25) is 10.0 Å². The van der Waals surface area contributed by atoms with Gasteiger partial charge in [0.1, 0.15) is 6.10 Å². The number of nitrogens with two attached hydrogens (primary N) is 1. The summed E-state index contributed by atoms with van der Waals surface area (Å²) in [6.07, 6.45) is -0.654. The molecule has 2 fully saturated rings. The number of β-amino-alcohol motifs (C(OH)–C–C–N with tert-alkyl or cyclic N) is 1. The van der Waals surface area contributed by atoms with Gasteiger partial charge in [0.05, 0.1) is 11.0 Å². The lowest BCUT2D eigenvalue weighted by molar-refractivity contribution is 0.0741. The molecule has 0 spiro atoms. The van der Waals surface area contributed by atoms with Gasteiger partial charge in [-0.1, -0.05) is 6.07 Å². The monoisotopic (exact) mass is 355 g/mol. The molecule has 132 valence electrons. The second-order valence-electron chi connectivity index (χ2n) is 6.10. The first kappa shape index (κ1) is 17.0. The summed E-state index contributed by atoms with van der Waals surface area (Å²) in [5.41, 5.74) is 5.78. The van der Waals surface area contributed by atoms with Gasteiger partial charge in [-0.05, 0) is 31.0 Å². The Bertz CT molecular complexity index is 710. The van der Waals surface area contributed by atoms with Crippen molar-refractivity contribution in [2.75, 3.05) is 31.1 Å². The molecular formula is C15H21N3O5S. The Labute approximate surface area is 140 Å². The van der Waals surface area contributed by atoms with Crippen LogP contribution in [0.15, 0.2) is 29.2 Å². The van der Waals surface area contributed by atoms with Gasteiger partial charge >= 0.3 is 6.09 Å². The average Bonchev–Trinajstić information content (AvgIpc) is 2.52. The van der Waals surface area contributed by atoms with E-state index in [4.69, 9.17) is 10.5 Å². The smallest absolute Gasteiger partial charge is 0.404 e. The molecule has 0 atom stereocenters. The predicted octanol–water partition coefficient (Wildman–Crippen LogP) is 0.116. The normalized spacial score (nSPS) is 20.6. The zero-order valence-corrected chi connectivity index (χ0v) is 14.0. The van der Waals surface area contributed by atoms with Crippen LogP contribution in [0.1, 0.15) is 12.8 Å². The summed E-state index contributed by atoms with van der Waals surface area (Å²) < 4.78 is 31.9. The highest BCUT2D eigenvalue weighted by molar-refractivity contribution is 7.89. The van der Waals surface area contributed by atoms with Crippen LogP contribution in [0, 0.1) is 0 Å². The van der Waals surface area contributed by atoms with Crippen LogP contribution in [-0.4, -0.2) is 62.3 Å². The van der Waals surface area contributed by atoms with E-state index in [2.05, 4.69) is 0 Å². The van der Waals surface area contributed by atoms with Gasteiger partial charge in [-0.3, -0.25) is 0 Å². The van der Waals surface area contributed by atoms with Crippen molar-refractivity contribution in [1.82, 2.24) is 4.31 Å². The van der Waals surface area contributed by atoms with Crippen LogP contribution in [0.25, 0.3) is 0 Å². The largest absolute Gasteiger partial charge is 0.446 e. The Morgan fingerprint density at radius 1 is 1.25 bits per heavy atom. The molecule has 2 aliphatic heterocycles. The van der Waals surface area contributed by atoms with E-state index in [1.807, 2.05) is 11.0 Å². The van der Waals surface area contributed by atoms with Crippen LogP contribution >= 0.6 is 0 Å². The highest BCUT2D eigenvalue weighted by atomic mass is 32.2. The van der Waals surface area contributed by atoms with Crippen LogP contribution in [0.5, 0.6) is 0 Å². The van der Waals surface area contributed by atoms with E-state index in [0.717, 1.165) is 5.69 Å². The maximum Gasteiger partial charge on any atom is 0.404 e. The van der Waals surface area contributed by atoms with Crippen molar-refractivity contribution < 1.29 is 23.1 Å². The predicted molar refractivity (Wildman–Crippen MR) is 87.1 cm³/mol. The summed E-state index contributed by atoms with van der Waals surface area (Å²) in [6, 6.07) is 6.74. The zero-order valence-electron chi connectivity index (χ0n) is 13.2. The summed E-state index contributed by atoms with van der Waals surface area (Å²) in [5, 5.41) is 9.39. The first-order valence-corrected chi connectivity index (χ1v) is 9.29. The molecule has 2 heterocycles. The second-order valence-corrected chi connectivity index (χ2v) is 8.03. The third-order valence-corrected chi connectivity index (χ3v) is 6.26. The molecule has 1 aromatic carbocycles. The molecule has 0 unspecified atom stereocenters. The minimum Gasteiger partial charge on any atom is -0.446 e. The van der Waals surface area contributed by atoms with Crippen LogP contribution in [0.2, 0.25) is 0 Å². The number of sulfonamides is 1. The minimum atomic E-state index is -3.60. The lowest BCUT2D eigenvalue weighted by atomic mass is 10.1. The lowest BCUT2D eigenvalue weighted by Crippen LogP contribution is -2.50. The fourth-order valence-corrected chi connectivity index (χ4v) is 4.52. The Morgan fingerprint density at radius 2 is 1.92 bits per heavy atom. The zero-order chi connectivity index (χ0) is 17.3. The van der Waals surface area contributed by atoms with Crippen molar-refractivity contribution >= 4 is 21.8 Å². The number of ether oxygens (including phenoxy) is 1. The number of aliphatic hydroxyl groups is 1. The SMILES string of the molecule is NC(=O)OC1CCN(S(=O)(=O)c2cccc(N3CC(O)C3)c2)CC1. The van der Waals surface area contributed by atoms with E-state index >= 15 is 0 Å². The molecule has 0 bridgehead atoms. The van der Waals surface area contributed by atoms with E-state index < -0.39 is 16.1 Å². The Hall–Kier alpha value is -1.84. The van der Waals surface area contributed by atoms with Gasteiger partial charge in [0, 0.05) is 31.9 Å². The van der Waals surface area contributed by atoms with Crippen molar-refractivity contribution in [2.24, 2.45) is 5.73 Å². The van der Waals surface area contributed by atoms with Crippen molar-refractivity contribution in [3.05, 3.63) is 24.3 Å². The van der Waals surface area contributed by atoms with Crippen LogP contribution in [-0.2, 0) is 14.8 Å². The number of primary amides is 1. The average molecular weight is 355 g/mol. The Balaban J connectivity index is 1.70. The van der Waals surface area contributed by atoms with E-state index in [1.165, 1.54) is 4.31 Å². The van der Waals surface area contributed by atoms with Crippen molar-refractivity contribution in [2.45, 2.75) is 29.9 Å². The fraction of sp³-hybridized carbons (Fsp3) is 0.533. The van der Waals surface area contributed by atoms with E-state index in [-0.39, 0.29) is 30.2 Å². The minimum absolute atomic E-state index is 0.232.